The van der Waals surface area contributed by atoms with E-state index in [4.69, 9.17) is 4.74 Å². The fourth-order valence-corrected chi connectivity index (χ4v) is 4.09. The Morgan fingerprint density at radius 2 is 1.76 bits per heavy atom. The summed E-state index contributed by atoms with van der Waals surface area (Å²) in [5.41, 5.74) is 0.270. The fraction of sp³-hybridized carbons (Fsp3) is 0.619. The summed E-state index contributed by atoms with van der Waals surface area (Å²) in [5.74, 6) is -0.00724. The second-order valence-corrected chi connectivity index (χ2v) is 7.65. The van der Waals surface area contributed by atoms with Crippen molar-refractivity contribution in [1.29, 1.82) is 0 Å². The number of carbonyl (C=O) groups is 2. The van der Waals surface area contributed by atoms with Crippen LogP contribution in [0.5, 0.6) is 11.5 Å². The van der Waals surface area contributed by atoms with E-state index in [0.717, 1.165) is 25.7 Å². The van der Waals surface area contributed by atoms with Crippen molar-refractivity contribution in [2.45, 2.75) is 57.6 Å². The Balaban J connectivity index is 1.55. The number of methoxy groups -OCH3 is 1. The molecule has 1 aliphatic heterocycles. The quantitative estimate of drug-likeness (QED) is 0.778. The smallest absolute Gasteiger partial charge is 0.387 e. The Kier molecular flexibility index (Phi) is 7.28. The SMILES string of the molecule is COc1ccc(C(=O)N2CCC(NC(=O)C3CCCCC3)CC2)cc1OC(F)F. The van der Waals surface area contributed by atoms with E-state index in [1.165, 1.54) is 31.7 Å². The van der Waals surface area contributed by atoms with Gasteiger partial charge in [-0.15, -0.1) is 0 Å². The minimum absolute atomic E-state index is 0.0714. The lowest BCUT2D eigenvalue weighted by atomic mass is 9.88. The lowest BCUT2D eigenvalue weighted by Gasteiger charge is -2.33. The van der Waals surface area contributed by atoms with Gasteiger partial charge >= 0.3 is 6.61 Å². The third kappa shape index (κ3) is 5.58. The number of alkyl halides is 2. The maximum atomic E-state index is 12.8. The van der Waals surface area contributed by atoms with Crippen molar-refractivity contribution in [3.05, 3.63) is 23.8 Å². The molecule has 2 amide bonds. The van der Waals surface area contributed by atoms with Crippen molar-refractivity contribution in [2.24, 2.45) is 5.92 Å². The van der Waals surface area contributed by atoms with Crippen LogP contribution in [0.2, 0.25) is 0 Å². The van der Waals surface area contributed by atoms with Gasteiger partial charge in [0.2, 0.25) is 5.91 Å². The summed E-state index contributed by atoms with van der Waals surface area (Å²) >= 11 is 0. The third-order valence-electron chi connectivity index (χ3n) is 5.73. The van der Waals surface area contributed by atoms with Gasteiger partial charge in [-0.3, -0.25) is 9.59 Å². The number of hydrogen-bond acceptors (Lipinski definition) is 4. The van der Waals surface area contributed by atoms with Crippen LogP contribution in [-0.2, 0) is 4.79 Å². The number of piperidine rings is 1. The molecule has 1 aromatic carbocycles. The van der Waals surface area contributed by atoms with E-state index in [2.05, 4.69) is 10.1 Å². The maximum absolute atomic E-state index is 12.8. The molecule has 2 fully saturated rings. The molecule has 1 aliphatic carbocycles. The van der Waals surface area contributed by atoms with Crippen LogP contribution < -0.4 is 14.8 Å². The highest BCUT2D eigenvalue weighted by Crippen LogP contribution is 2.30. The molecule has 0 atom stereocenters. The highest BCUT2D eigenvalue weighted by molar-refractivity contribution is 5.95. The van der Waals surface area contributed by atoms with Crippen molar-refractivity contribution >= 4 is 11.8 Å². The Morgan fingerprint density at radius 3 is 2.38 bits per heavy atom. The summed E-state index contributed by atoms with van der Waals surface area (Å²) in [6.45, 7) is -1.99. The van der Waals surface area contributed by atoms with Crippen LogP contribution in [0.25, 0.3) is 0 Å². The van der Waals surface area contributed by atoms with Crippen LogP contribution in [-0.4, -0.2) is 49.6 Å². The Hall–Kier alpha value is -2.38. The molecule has 0 radical (unpaired) electrons. The third-order valence-corrected chi connectivity index (χ3v) is 5.73. The first-order valence-electron chi connectivity index (χ1n) is 10.2. The fourth-order valence-electron chi connectivity index (χ4n) is 4.09. The molecule has 0 aromatic heterocycles. The number of rotatable bonds is 6. The molecular weight excluding hydrogens is 382 g/mol. The van der Waals surface area contributed by atoms with Crippen molar-refractivity contribution in [2.75, 3.05) is 20.2 Å². The van der Waals surface area contributed by atoms with Crippen LogP contribution in [0.3, 0.4) is 0 Å². The summed E-state index contributed by atoms with van der Waals surface area (Å²) < 4.78 is 34.7. The number of nitrogens with zero attached hydrogens (tertiary/aromatic N) is 1. The average molecular weight is 410 g/mol. The first-order chi connectivity index (χ1) is 14.0. The van der Waals surface area contributed by atoms with Crippen LogP contribution in [0.4, 0.5) is 8.78 Å². The molecule has 8 heteroatoms. The molecule has 160 valence electrons. The standard InChI is InChI=1S/C21H28F2N2O4/c1-28-17-8-7-15(13-18(17)29-21(22)23)20(27)25-11-9-16(10-12-25)24-19(26)14-5-3-2-4-6-14/h7-8,13-14,16,21H,2-6,9-12H2,1H3,(H,24,26). The van der Waals surface area contributed by atoms with Crippen molar-refractivity contribution in [1.82, 2.24) is 10.2 Å². The predicted octanol–water partition coefficient (Wildman–Crippen LogP) is 3.60. The van der Waals surface area contributed by atoms with E-state index in [0.29, 0.717) is 25.9 Å². The average Bonchev–Trinajstić information content (AvgIpc) is 2.74. The molecule has 1 saturated heterocycles. The van der Waals surface area contributed by atoms with Crippen LogP contribution in [0, 0.1) is 5.92 Å². The number of benzene rings is 1. The van der Waals surface area contributed by atoms with Gasteiger partial charge in [0.1, 0.15) is 0 Å². The van der Waals surface area contributed by atoms with Gasteiger partial charge in [-0.05, 0) is 43.9 Å². The monoisotopic (exact) mass is 410 g/mol. The normalized spacial score (nSPS) is 18.6. The van der Waals surface area contributed by atoms with Crippen LogP contribution in [0.1, 0.15) is 55.3 Å². The molecule has 3 rings (SSSR count). The zero-order valence-electron chi connectivity index (χ0n) is 16.7. The summed E-state index contributed by atoms with van der Waals surface area (Å²) in [7, 11) is 1.35. The van der Waals surface area contributed by atoms with Crippen molar-refractivity contribution in [3.63, 3.8) is 0 Å². The van der Waals surface area contributed by atoms with Gasteiger partial charge in [-0.1, -0.05) is 19.3 Å². The molecule has 6 nitrogen and oxygen atoms in total. The molecule has 1 heterocycles. The van der Waals surface area contributed by atoms with Gasteiger partial charge in [0.05, 0.1) is 7.11 Å². The highest BCUT2D eigenvalue weighted by atomic mass is 19.3. The van der Waals surface area contributed by atoms with E-state index in [-0.39, 0.29) is 40.8 Å². The minimum atomic E-state index is -3.00. The number of carbonyl (C=O) groups excluding carboxylic acids is 2. The molecule has 0 spiro atoms. The first kappa shape index (κ1) is 21.3. The largest absolute Gasteiger partial charge is 0.493 e. The second kappa shape index (κ2) is 9.89. The van der Waals surface area contributed by atoms with Gasteiger partial charge < -0.3 is 19.7 Å². The molecule has 1 saturated carbocycles. The van der Waals surface area contributed by atoms with Gasteiger partial charge in [0.15, 0.2) is 11.5 Å². The molecule has 2 aliphatic rings. The molecule has 0 unspecified atom stereocenters. The Bertz CT molecular complexity index is 715. The highest BCUT2D eigenvalue weighted by Gasteiger charge is 2.28. The summed E-state index contributed by atoms with van der Waals surface area (Å²) in [6, 6.07) is 4.34. The van der Waals surface area contributed by atoms with Gasteiger partial charge in [-0.2, -0.15) is 8.78 Å². The minimum Gasteiger partial charge on any atom is -0.493 e. The van der Waals surface area contributed by atoms with Gasteiger partial charge in [0, 0.05) is 30.6 Å². The first-order valence-corrected chi connectivity index (χ1v) is 10.2. The lowest BCUT2D eigenvalue weighted by Crippen LogP contribution is -2.48. The van der Waals surface area contributed by atoms with Crippen molar-refractivity contribution in [3.8, 4) is 11.5 Å². The Morgan fingerprint density at radius 1 is 1.07 bits per heavy atom. The van der Waals surface area contributed by atoms with E-state index in [1.807, 2.05) is 0 Å². The number of nitrogens with one attached hydrogen (secondary N) is 1. The predicted molar refractivity (Wildman–Crippen MR) is 103 cm³/mol. The Labute approximate surface area is 169 Å². The van der Waals surface area contributed by atoms with Crippen molar-refractivity contribution < 1.29 is 27.8 Å². The number of amides is 2. The number of halogens is 2. The number of likely N-dealkylation sites (tertiary alicyclic amines) is 1. The number of ether oxygens (including phenoxy) is 2. The lowest BCUT2D eigenvalue weighted by molar-refractivity contribution is -0.126. The second-order valence-electron chi connectivity index (χ2n) is 7.65. The molecular formula is C21H28F2N2O4. The maximum Gasteiger partial charge on any atom is 0.387 e. The van der Waals surface area contributed by atoms with E-state index >= 15 is 0 Å². The summed E-state index contributed by atoms with van der Waals surface area (Å²) in [6.07, 6.45) is 6.73. The molecule has 0 bridgehead atoms. The van der Waals surface area contributed by atoms with Crippen LogP contribution in [0.15, 0.2) is 18.2 Å². The molecule has 1 aromatic rings. The molecule has 1 N–H and O–H groups in total. The number of hydrogen-bond donors (Lipinski definition) is 1. The molecule has 29 heavy (non-hydrogen) atoms. The van der Waals surface area contributed by atoms with Gasteiger partial charge in [-0.25, -0.2) is 0 Å². The topological polar surface area (TPSA) is 67.9 Å². The van der Waals surface area contributed by atoms with E-state index in [9.17, 15) is 18.4 Å². The van der Waals surface area contributed by atoms with Crippen LogP contribution >= 0.6 is 0 Å². The zero-order valence-corrected chi connectivity index (χ0v) is 16.7. The summed E-state index contributed by atoms with van der Waals surface area (Å²) in [4.78, 5) is 26.9. The summed E-state index contributed by atoms with van der Waals surface area (Å²) in [5, 5.41) is 3.14. The zero-order chi connectivity index (χ0) is 20.8. The van der Waals surface area contributed by atoms with Gasteiger partial charge in [0.25, 0.3) is 5.91 Å². The van der Waals surface area contributed by atoms with E-state index < -0.39 is 6.61 Å². The van der Waals surface area contributed by atoms with E-state index in [1.54, 1.807) is 4.90 Å².